The highest BCUT2D eigenvalue weighted by atomic mass is 32.3. The highest BCUT2D eigenvalue weighted by Gasteiger charge is 2.31. The van der Waals surface area contributed by atoms with E-state index in [9.17, 15) is 27.8 Å². The molecular formula is C29H35F2N3O4S. The third-order valence-electron chi connectivity index (χ3n) is 6.84. The summed E-state index contributed by atoms with van der Waals surface area (Å²) in [7, 11) is -2.85. The lowest BCUT2D eigenvalue weighted by atomic mass is 9.97. The monoisotopic (exact) mass is 559 g/mol. The van der Waals surface area contributed by atoms with Crippen molar-refractivity contribution in [2.75, 3.05) is 12.3 Å². The lowest BCUT2D eigenvalue weighted by Gasteiger charge is -2.42. The number of fused-ring (bicyclic) bond motifs is 1. The second-order valence-electron chi connectivity index (χ2n) is 9.93. The van der Waals surface area contributed by atoms with E-state index in [1.807, 2.05) is 55.5 Å². The number of carbonyl (C=O) groups is 1. The lowest BCUT2D eigenvalue weighted by molar-refractivity contribution is 0.123. The molecule has 0 aromatic heterocycles. The summed E-state index contributed by atoms with van der Waals surface area (Å²) in [6.45, 7) is 2.30. The number of aliphatic hydroxyl groups is 1. The number of hydrogen-bond acceptors (Lipinski definition) is 5. The molecule has 7 nitrogen and oxygen atoms in total. The third-order valence-corrected chi connectivity index (χ3v) is 8.48. The van der Waals surface area contributed by atoms with Gasteiger partial charge in [0, 0.05) is 19.2 Å². The van der Waals surface area contributed by atoms with E-state index >= 15 is 0 Å². The van der Waals surface area contributed by atoms with E-state index in [0.717, 1.165) is 34.7 Å². The van der Waals surface area contributed by atoms with Crippen molar-refractivity contribution in [1.29, 1.82) is 0 Å². The van der Waals surface area contributed by atoms with Gasteiger partial charge in [-0.3, -0.25) is 9.11 Å². The summed E-state index contributed by atoms with van der Waals surface area (Å²) in [5.74, 6) is -1.21. The zero-order valence-electron chi connectivity index (χ0n) is 21.7. The summed E-state index contributed by atoms with van der Waals surface area (Å²) in [5.41, 5.74) is 4.08. The summed E-state index contributed by atoms with van der Waals surface area (Å²) >= 11 is 0. The Morgan fingerprint density at radius 2 is 1.72 bits per heavy atom. The van der Waals surface area contributed by atoms with Gasteiger partial charge in [0.1, 0.15) is 11.6 Å². The van der Waals surface area contributed by atoms with Crippen LogP contribution in [0.2, 0.25) is 0 Å². The molecule has 0 radical (unpaired) electrons. The van der Waals surface area contributed by atoms with Crippen molar-refractivity contribution < 1.29 is 27.8 Å². The summed E-state index contributed by atoms with van der Waals surface area (Å²) < 4.78 is 48.7. The Morgan fingerprint density at radius 3 is 2.41 bits per heavy atom. The van der Waals surface area contributed by atoms with E-state index in [-0.39, 0.29) is 36.6 Å². The Bertz CT molecular complexity index is 1260. The smallest absolute Gasteiger partial charge is 0.315 e. The van der Waals surface area contributed by atoms with Gasteiger partial charge in [-0.15, -0.1) is 0 Å². The van der Waals surface area contributed by atoms with Crippen molar-refractivity contribution in [1.82, 2.24) is 16.0 Å². The van der Waals surface area contributed by atoms with Crippen LogP contribution in [0.4, 0.5) is 13.6 Å². The maximum Gasteiger partial charge on any atom is 0.315 e. The van der Waals surface area contributed by atoms with Gasteiger partial charge in [0.15, 0.2) is 0 Å². The number of benzene rings is 3. The molecule has 1 aliphatic heterocycles. The Kier molecular flexibility index (Phi) is 9.58. The number of hydrogen-bond donors (Lipinski definition) is 6. The van der Waals surface area contributed by atoms with Crippen LogP contribution in [0.25, 0.3) is 0 Å². The number of halogens is 2. The molecule has 0 aliphatic carbocycles. The fraction of sp³-hybridized carbons (Fsp3) is 0.345. The number of aryl methyl sites for hydroxylation is 1. The number of nitrogens with one attached hydrogen (secondary N) is 3. The third kappa shape index (κ3) is 8.23. The molecule has 3 aromatic carbocycles. The topological polar surface area (TPSA) is 114 Å². The predicted molar refractivity (Wildman–Crippen MR) is 150 cm³/mol. The molecule has 10 heteroatoms. The molecule has 2 amide bonds. The van der Waals surface area contributed by atoms with Gasteiger partial charge in [0.2, 0.25) is 0 Å². The normalized spacial score (nSPS) is 18.5. The fourth-order valence-corrected chi connectivity index (χ4v) is 6.53. The fourth-order valence-electron chi connectivity index (χ4n) is 4.82. The molecule has 4 rings (SSSR count). The Labute approximate surface area is 229 Å². The van der Waals surface area contributed by atoms with Crippen LogP contribution in [0.5, 0.6) is 0 Å². The first-order valence-corrected chi connectivity index (χ1v) is 14.8. The van der Waals surface area contributed by atoms with Crippen LogP contribution in [-0.2, 0) is 25.1 Å². The highest BCUT2D eigenvalue weighted by Crippen LogP contribution is 2.50. The SMILES string of the molecule is CCc1ccc2c(c1)[C@@H](NC[C@@H](O)[C@H](Cc1cc(F)cc(F)c1)NC(=O)NCc1ccccc1)CS(O)(O)C2. The van der Waals surface area contributed by atoms with Crippen LogP contribution in [0.1, 0.15) is 40.8 Å². The summed E-state index contributed by atoms with van der Waals surface area (Å²) in [5, 5.41) is 19.9. The van der Waals surface area contributed by atoms with Crippen LogP contribution in [0.3, 0.4) is 0 Å². The molecule has 0 saturated carbocycles. The second kappa shape index (κ2) is 12.9. The number of rotatable bonds is 10. The Hall–Kier alpha value is -3.02. The maximum absolute atomic E-state index is 13.9. The highest BCUT2D eigenvalue weighted by molar-refractivity contribution is 8.23. The number of urea groups is 1. The van der Waals surface area contributed by atoms with Crippen molar-refractivity contribution in [3.63, 3.8) is 0 Å². The number of amides is 2. The summed E-state index contributed by atoms with van der Waals surface area (Å²) in [6, 6.07) is 16.5. The minimum Gasteiger partial charge on any atom is -0.390 e. The minimum atomic E-state index is -2.85. The summed E-state index contributed by atoms with van der Waals surface area (Å²) in [4.78, 5) is 12.7. The van der Waals surface area contributed by atoms with Gasteiger partial charge in [-0.2, -0.15) is 10.6 Å². The largest absolute Gasteiger partial charge is 0.390 e. The van der Waals surface area contributed by atoms with Gasteiger partial charge < -0.3 is 21.1 Å². The van der Waals surface area contributed by atoms with Crippen molar-refractivity contribution >= 4 is 16.6 Å². The molecule has 3 aromatic rings. The van der Waals surface area contributed by atoms with Crippen LogP contribution in [-0.4, -0.2) is 44.7 Å². The zero-order chi connectivity index (χ0) is 28.0. The molecule has 6 N–H and O–H groups in total. The molecule has 1 heterocycles. The first kappa shape index (κ1) is 29.0. The van der Waals surface area contributed by atoms with Crippen LogP contribution in [0.15, 0.2) is 66.7 Å². The Morgan fingerprint density at radius 1 is 1.00 bits per heavy atom. The molecule has 0 bridgehead atoms. The maximum atomic E-state index is 13.9. The minimum absolute atomic E-state index is 0.00257. The molecule has 39 heavy (non-hydrogen) atoms. The molecule has 0 spiro atoms. The van der Waals surface area contributed by atoms with Crippen molar-refractivity contribution in [3.05, 3.63) is 106 Å². The van der Waals surface area contributed by atoms with Crippen molar-refractivity contribution in [3.8, 4) is 0 Å². The first-order chi connectivity index (χ1) is 18.6. The van der Waals surface area contributed by atoms with Crippen LogP contribution < -0.4 is 16.0 Å². The summed E-state index contributed by atoms with van der Waals surface area (Å²) in [6.07, 6.45) is -0.347. The Balaban J connectivity index is 1.48. The van der Waals surface area contributed by atoms with E-state index in [2.05, 4.69) is 16.0 Å². The van der Waals surface area contributed by atoms with Gasteiger partial charge in [0.05, 0.1) is 29.7 Å². The average molecular weight is 560 g/mol. The number of aliphatic hydroxyl groups excluding tert-OH is 1. The van der Waals surface area contributed by atoms with Gasteiger partial charge in [-0.25, -0.2) is 13.6 Å². The van der Waals surface area contributed by atoms with Gasteiger partial charge in [-0.1, -0.05) is 55.5 Å². The molecule has 0 unspecified atom stereocenters. The molecule has 0 saturated heterocycles. The van der Waals surface area contributed by atoms with Crippen LogP contribution in [0, 0.1) is 11.6 Å². The van der Waals surface area contributed by atoms with Crippen molar-refractivity contribution in [2.24, 2.45) is 0 Å². The standard InChI is InChI=1S/C29H35F2N3O4S/c1-2-19-8-9-22-17-39(37,38)18-27(25(22)12-19)32-16-28(35)26(13-21-10-23(30)14-24(31)11-21)34-29(36)33-15-20-6-4-3-5-7-20/h3-12,14,26-28,32,35,37-38H,2,13,15-18H2,1H3,(H2,33,34,36)/t26-,27-,28+/m0/s1. The average Bonchev–Trinajstić information content (AvgIpc) is 2.89. The first-order valence-electron chi connectivity index (χ1n) is 12.9. The molecule has 0 fully saturated rings. The lowest BCUT2D eigenvalue weighted by Crippen LogP contribution is -2.52. The molecule has 1 aliphatic rings. The quantitative estimate of drug-likeness (QED) is 0.212. The molecular weight excluding hydrogens is 524 g/mol. The molecule has 3 atom stereocenters. The van der Waals surface area contributed by atoms with Crippen LogP contribution >= 0.6 is 10.6 Å². The van der Waals surface area contributed by atoms with E-state index in [1.165, 1.54) is 12.1 Å². The van der Waals surface area contributed by atoms with Crippen molar-refractivity contribution in [2.45, 2.75) is 50.3 Å². The van der Waals surface area contributed by atoms with E-state index in [0.29, 0.717) is 0 Å². The van der Waals surface area contributed by atoms with E-state index < -0.39 is 46.4 Å². The van der Waals surface area contributed by atoms with E-state index in [1.54, 1.807) is 0 Å². The van der Waals surface area contributed by atoms with Gasteiger partial charge in [0.25, 0.3) is 0 Å². The van der Waals surface area contributed by atoms with E-state index in [4.69, 9.17) is 0 Å². The zero-order valence-corrected chi connectivity index (χ0v) is 22.6. The number of carbonyl (C=O) groups excluding carboxylic acids is 1. The molecule has 210 valence electrons. The second-order valence-corrected chi connectivity index (χ2v) is 12.2. The van der Waals surface area contributed by atoms with Gasteiger partial charge in [-0.05, 0) is 52.8 Å². The predicted octanol–water partition coefficient (Wildman–Crippen LogP) is 4.89. The van der Waals surface area contributed by atoms with Gasteiger partial charge >= 0.3 is 6.03 Å².